The van der Waals surface area contributed by atoms with Gasteiger partial charge in [-0.05, 0) is 12.5 Å². The highest BCUT2D eigenvalue weighted by molar-refractivity contribution is 6.46. The first-order valence-corrected chi connectivity index (χ1v) is 8.64. The molecule has 1 saturated heterocycles. The lowest BCUT2D eigenvalue weighted by Crippen LogP contribution is -2.31. The molecule has 1 aliphatic heterocycles. The molecule has 1 fully saturated rings. The third-order valence-corrected chi connectivity index (χ3v) is 4.54. The number of aliphatic hydroxyl groups is 1. The number of halogens is 1. The Hall–Kier alpha value is -2.95. The zero-order valence-electron chi connectivity index (χ0n) is 14.5. The predicted molar refractivity (Wildman–Crippen MR) is 96.8 cm³/mol. The fourth-order valence-corrected chi connectivity index (χ4v) is 3.21. The van der Waals surface area contributed by atoms with Gasteiger partial charge in [0.1, 0.15) is 11.6 Å². The second kappa shape index (κ2) is 7.52. The Kier molecular flexibility index (Phi) is 5.16. The average molecular weight is 353 g/mol. The Morgan fingerprint density at radius 3 is 2.38 bits per heavy atom. The van der Waals surface area contributed by atoms with Gasteiger partial charge in [0, 0.05) is 17.7 Å². The molecule has 4 nitrogen and oxygen atoms in total. The Balaban J connectivity index is 2.19. The van der Waals surface area contributed by atoms with Crippen molar-refractivity contribution in [3.63, 3.8) is 0 Å². The van der Waals surface area contributed by atoms with Crippen LogP contribution in [0.3, 0.4) is 0 Å². The lowest BCUT2D eigenvalue weighted by molar-refractivity contribution is -0.139. The summed E-state index contributed by atoms with van der Waals surface area (Å²) in [6.45, 7) is 2.30. The third-order valence-electron chi connectivity index (χ3n) is 4.54. The number of ketones is 1. The summed E-state index contributed by atoms with van der Waals surface area (Å²) in [4.78, 5) is 26.6. The van der Waals surface area contributed by atoms with Gasteiger partial charge >= 0.3 is 0 Å². The number of rotatable bonds is 5. The number of carbonyl (C=O) groups excluding carboxylic acids is 2. The van der Waals surface area contributed by atoms with Gasteiger partial charge in [-0.15, -0.1) is 0 Å². The number of nitrogens with zero attached hydrogens (tertiary/aromatic N) is 1. The van der Waals surface area contributed by atoms with Crippen molar-refractivity contribution in [3.8, 4) is 0 Å². The van der Waals surface area contributed by atoms with E-state index in [4.69, 9.17) is 0 Å². The van der Waals surface area contributed by atoms with Gasteiger partial charge in [-0.2, -0.15) is 0 Å². The van der Waals surface area contributed by atoms with Crippen LogP contribution >= 0.6 is 0 Å². The summed E-state index contributed by atoms with van der Waals surface area (Å²) in [6, 6.07) is 13.6. The summed E-state index contributed by atoms with van der Waals surface area (Å²) in [5.41, 5.74) is 0.560. The van der Waals surface area contributed by atoms with Crippen molar-refractivity contribution in [1.82, 2.24) is 4.90 Å². The fraction of sp³-hybridized carbons (Fsp3) is 0.238. The number of unbranched alkanes of at least 4 members (excludes halogenated alkanes) is 1. The van der Waals surface area contributed by atoms with E-state index in [2.05, 4.69) is 0 Å². The SMILES string of the molecule is CCCCN1C(=O)C(=O)C(=C(O)c2ccccc2)[C@H]1c1ccccc1F. The van der Waals surface area contributed by atoms with Crippen molar-refractivity contribution in [2.75, 3.05) is 6.54 Å². The fourth-order valence-electron chi connectivity index (χ4n) is 3.21. The molecule has 134 valence electrons. The number of hydrogen-bond donors (Lipinski definition) is 1. The molecule has 2 aromatic carbocycles. The predicted octanol–water partition coefficient (Wildman–Crippen LogP) is 4.05. The monoisotopic (exact) mass is 353 g/mol. The number of benzene rings is 2. The van der Waals surface area contributed by atoms with Crippen LogP contribution in [0.25, 0.3) is 5.76 Å². The van der Waals surface area contributed by atoms with Crippen molar-refractivity contribution in [3.05, 3.63) is 77.1 Å². The molecule has 5 heteroatoms. The van der Waals surface area contributed by atoms with Gasteiger partial charge in [-0.1, -0.05) is 61.9 Å². The van der Waals surface area contributed by atoms with Crippen LogP contribution in [-0.4, -0.2) is 28.2 Å². The molecule has 0 bridgehead atoms. The number of aliphatic hydroxyl groups excluding tert-OH is 1. The molecule has 1 heterocycles. The summed E-state index contributed by atoms with van der Waals surface area (Å²) in [6.07, 6.45) is 1.51. The summed E-state index contributed by atoms with van der Waals surface area (Å²) in [5.74, 6) is -2.28. The Bertz CT molecular complexity index is 861. The van der Waals surface area contributed by atoms with Gasteiger partial charge in [0.2, 0.25) is 0 Å². The third kappa shape index (κ3) is 3.12. The number of Topliss-reactive ketones (excluding diaryl/α,β-unsaturated/α-hetero) is 1. The second-order valence-corrected chi connectivity index (χ2v) is 6.23. The highest BCUT2D eigenvalue weighted by Crippen LogP contribution is 2.40. The van der Waals surface area contributed by atoms with E-state index in [-0.39, 0.29) is 16.9 Å². The lowest BCUT2D eigenvalue weighted by atomic mass is 9.95. The number of amides is 1. The highest BCUT2D eigenvalue weighted by atomic mass is 19.1. The molecule has 1 amide bonds. The Morgan fingerprint density at radius 1 is 1.08 bits per heavy atom. The summed E-state index contributed by atoms with van der Waals surface area (Å²) >= 11 is 0. The molecule has 1 atom stereocenters. The van der Waals surface area contributed by atoms with Gasteiger partial charge in [0.15, 0.2) is 0 Å². The first-order chi connectivity index (χ1) is 12.6. The largest absolute Gasteiger partial charge is 0.507 e. The Morgan fingerprint density at radius 2 is 1.73 bits per heavy atom. The van der Waals surface area contributed by atoms with Crippen molar-refractivity contribution < 1.29 is 19.1 Å². The van der Waals surface area contributed by atoms with Gasteiger partial charge in [-0.3, -0.25) is 9.59 Å². The first kappa shape index (κ1) is 17.9. The molecule has 3 rings (SSSR count). The van der Waals surface area contributed by atoms with Crippen LogP contribution in [0.1, 0.15) is 36.9 Å². The number of carbonyl (C=O) groups is 2. The summed E-state index contributed by atoms with van der Waals surface area (Å²) in [7, 11) is 0. The number of likely N-dealkylation sites (tertiary alicyclic amines) is 1. The van der Waals surface area contributed by atoms with Crippen LogP contribution < -0.4 is 0 Å². The van der Waals surface area contributed by atoms with Crippen molar-refractivity contribution in [1.29, 1.82) is 0 Å². The van der Waals surface area contributed by atoms with E-state index in [1.54, 1.807) is 48.5 Å². The number of hydrogen-bond acceptors (Lipinski definition) is 3. The molecule has 1 aliphatic rings. The highest BCUT2D eigenvalue weighted by Gasteiger charge is 2.46. The molecule has 0 unspecified atom stereocenters. The summed E-state index contributed by atoms with van der Waals surface area (Å²) < 4.78 is 14.5. The maximum Gasteiger partial charge on any atom is 0.295 e. The zero-order chi connectivity index (χ0) is 18.7. The molecular weight excluding hydrogens is 333 g/mol. The van der Waals surface area contributed by atoms with E-state index >= 15 is 0 Å². The summed E-state index contributed by atoms with van der Waals surface area (Å²) in [5, 5.41) is 10.7. The molecular formula is C21H20FNO3. The van der Waals surface area contributed by atoms with E-state index in [9.17, 15) is 19.1 Å². The average Bonchev–Trinajstić information content (AvgIpc) is 2.91. The van der Waals surface area contributed by atoms with Crippen LogP contribution in [-0.2, 0) is 9.59 Å². The molecule has 0 aliphatic carbocycles. The van der Waals surface area contributed by atoms with E-state index < -0.39 is 23.5 Å². The molecule has 2 aromatic rings. The first-order valence-electron chi connectivity index (χ1n) is 8.64. The van der Waals surface area contributed by atoms with Crippen LogP contribution in [0.4, 0.5) is 4.39 Å². The van der Waals surface area contributed by atoms with E-state index in [1.807, 2.05) is 6.92 Å². The van der Waals surface area contributed by atoms with Crippen LogP contribution in [0.15, 0.2) is 60.2 Å². The zero-order valence-corrected chi connectivity index (χ0v) is 14.5. The minimum Gasteiger partial charge on any atom is -0.507 e. The molecule has 1 N–H and O–H groups in total. The Labute approximate surface area is 151 Å². The standard InChI is InChI=1S/C21H20FNO3/c1-2-3-13-23-18(15-11-7-8-12-16(15)22)17(20(25)21(23)26)19(24)14-9-5-4-6-10-14/h4-12,18,24H,2-3,13H2,1H3/t18-/m1/s1. The molecule has 26 heavy (non-hydrogen) atoms. The van der Waals surface area contributed by atoms with Gasteiger partial charge in [0.25, 0.3) is 11.7 Å². The molecule has 0 aromatic heterocycles. The lowest BCUT2D eigenvalue weighted by Gasteiger charge is -2.25. The molecule has 0 spiro atoms. The maximum absolute atomic E-state index is 14.5. The van der Waals surface area contributed by atoms with E-state index in [0.717, 1.165) is 6.42 Å². The van der Waals surface area contributed by atoms with Gasteiger partial charge < -0.3 is 10.0 Å². The minimum atomic E-state index is -0.928. The topological polar surface area (TPSA) is 57.6 Å². The smallest absolute Gasteiger partial charge is 0.295 e. The van der Waals surface area contributed by atoms with E-state index in [1.165, 1.54) is 11.0 Å². The van der Waals surface area contributed by atoms with E-state index in [0.29, 0.717) is 18.5 Å². The maximum atomic E-state index is 14.5. The van der Waals surface area contributed by atoms with Crippen LogP contribution in [0.5, 0.6) is 0 Å². The normalized spacial score (nSPS) is 19.2. The molecule has 0 radical (unpaired) electrons. The quantitative estimate of drug-likeness (QED) is 0.501. The van der Waals surface area contributed by atoms with Crippen LogP contribution in [0.2, 0.25) is 0 Å². The van der Waals surface area contributed by atoms with Crippen LogP contribution in [0, 0.1) is 5.82 Å². The second-order valence-electron chi connectivity index (χ2n) is 6.23. The van der Waals surface area contributed by atoms with Gasteiger partial charge in [0.05, 0.1) is 11.6 Å². The van der Waals surface area contributed by atoms with Crippen molar-refractivity contribution in [2.45, 2.75) is 25.8 Å². The van der Waals surface area contributed by atoms with Gasteiger partial charge in [-0.25, -0.2) is 4.39 Å². The molecule has 0 saturated carbocycles. The minimum absolute atomic E-state index is 0.0672. The van der Waals surface area contributed by atoms with Crippen molar-refractivity contribution in [2.24, 2.45) is 0 Å². The van der Waals surface area contributed by atoms with Crippen molar-refractivity contribution >= 4 is 17.4 Å².